The van der Waals surface area contributed by atoms with Gasteiger partial charge in [0.1, 0.15) is 0 Å². The molecule has 2 saturated heterocycles. The minimum Gasteiger partial charge on any atom is -0.353 e. The largest absolute Gasteiger partial charge is 0.353 e. The zero-order valence-corrected chi connectivity index (χ0v) is 9.62. The van der Waals surface area contributed by atoms with E-state index < -0.39 is 0 Å². The van der Waals surface area contributed by atoms with Crippen LogP contribution < -0.4 is 10.6 Å². The van der Waals surface area contributed by atoms with E-state index in [0.29, 0.717) is 12.0 Å². The summed E-state index contributed by atoms with van der Waals surface area (Å²) in [6.45, 7) is 8.20. The highest BCUT2D eigenvalue weighted by Crippen LogP contribution is 2.19. The third-order valence-corrected chi connectivity index (χ3v) is 3.31. The average molecular weight is 211 g/mol. The molecule has 2 atom stereocenters. The maximum atomic E-state index is 11.8. The van der Waals surface area contributed by atoms with Gasteiger partial charge in [-0.1, -0.05) is 13.8 Å². The van der Waals surface area contributed by atoms with Crippen molar-refractivity contribution in [2.45, 2.75) is 32.4 Å². The zero-order valence-electron chi connectivity index (χ0n) is 9.62. The van der Waals surface area contributed by atoms with E-state index in [1.807, 2.05) is 0 Å². The third-order valence-electron chi connectivity index (χ3n) is 3.31. The molecule has 0 aromatic heterocycles. The number of fused-ring (bicyclic) bond motifs is 1. The summed E-state index contributed by atoms with van der Waals surface area (Å²) < 4.78 is 0. The fourth-order valence-corrected chi connectivity index (χ4v) is 2.55. The van der Waals surface area contributed by atoms with Crippen LogP contribution in [0.3, 0.4) is 0 Å². The van der Waals surface area contributed by atoms with Gasteiger partial charge in [0, 0.05) is 32.2 Å². The second-order valence-corrected chi connectivity index (χ2v) is 4.99. The summed E-state index contributed by atoms with van der Waals surface area (Å²) in [5, 5.41) is 6.40. The molecule has 2 fully saturated rings. The number of piperazine rings is 2. The maximum Gasteiger partial charge on any atom is 0.237 e. The molecule has 0 radical (unpaired) electrons. The fourth-order valence-electron chi connectivity index (χ4n) is 2.55. The van der Waals surface area contributed by atoms with E-state index in [9.17, 15) is 4.79 Å². The maximum absolute atomic E-state index is 11.8. The van der Waals surface area contributed by atoms with Gasteiger partial charge in [-0.3, -0.25) is 9.69 Å². The summed E-state index contributed by atoms with van der Waals surface area (Å²) in [5.74, 6) is 0.802. The Bertz CT molecular complexity index is 242. The molecule has 0 aliphatic carbocycles. The number of amides is 1. The van der Waals surface area contributed by atoms with Gasteiger partial charge in [-0.25, -0.2) is 0 Å². The normalized spacial score (nSPS) is 32.6. The molecule has 0 aromatic carbocycles. The molecule has 2 rings (SSSR count). The number of nitrogens with one attached hydrogen (secondary N) is 2. The molecule has 0 spiro atoms. The molecule has 2 N–H and O–H groups in total. The van der Waals surface area contributed by atoms with E-state index in [1.165, 1.54) is 0 Å². The lowest BCUT2D eigenvalue weighted by molar-refractivity contribution is -0.132. The summed E-state index contributed by atoms with van der Waals surface area (Å²) in [6, 6.07) is 0.603. The van der Waals surface area contributed by atoms with Gasteiger partial charge >= 0.3 is 0 Å². The van der Waals surface area contributed by atoms with Gasteiger partial charge in [-0.2, -0.15) is 0 Å². The molecule has 2 aliphatic rings. The van der Waals surface area contributed by atoms with Crippen molar-refractivity contribution < 1.29 is 4.79 Å². The van der Waals surface area contributed by atoms with Crippen molar-refractivity contribution >= 4 is 5.91 Å². The van der Waals surface area contributed by atoms with Gasteiger partial charge in [0.05, 0.1) is 6.04 Å². The molecular formula is C11H21N3O. The number of nitrogens with zero attached hydrogens (tertiary/aromatic N) is 1. The Hall–Kier alpha value is -0.610. The number of carbonyl (C=O) groups excluding carboxylic acids is 1. The molecular weight excluding hydrogens is 190 g/mol. The molecule has 2 heterocycles. The number of hydrogen-bond acceptors (Lipinski definition) is 3. The van der Waals surface area contributed by atoms with Crippen LogP contribution in [0.1, 0.15) is 20.3 Å². The lowest BCUT2D eigenvalue weighted by Gasteiger charge is -2.45. The standard InChI is InChI=1S/C11H21N3O/c1-8(2)5-10-11(15)13-7-9-6-12-3-4-14(9)10/h8-10,12H,3-7H2,1-2H3,(H,13,15). The second-order valence-electron chi connectivity index (χ2n) is 4.99. The van der Waals surface area contributed by atoms with E-state index in [1.54, 1.807) is 0 Å². The molecule has 0 saturated carbocycles. The first-order valence-electron chi connectivity index (χ1n) is 5.92. The third kappa shape index (κ3) is 2.32. The number of rotatable bonds is 2. The van der Waals surface area contributed by atoms with Crippen LogP contribution in [0.4, 0.5) is 0 Å². The van der Waals surface area contributed by atoms with E-state index >= 15 is 0 Å². The van der Waals surface area contributed by atoms with E-state index in [4.69, 9.17) is 0 Å². The van der Waals surface area contributed by atoms with E-state index in [-0.39, 0.29) is 11.9 Å². The Morgan fingerprint density at radius 2 is 2.27 bits per heavy atom. The first kappa shape index (κ1) is 10.9. The van der Waals surface area contributed by atoms with Crippen LogP contribution >= 0.6 is 0 Å². The van der Waals surface area contributed by atoms with Crippen molar-refractivity contribution in [2.75, 3.05) is 26.2 Å². The monoisotopic (exact) mass is 211 g/mol. The van der Waals surface area contributed by atoms with Gasteiger partial charge < -0.3 is 10.6 Å². The SMILES string of the molecule is CC(C)CC1C(=O)NCC2CNCCN21. The Morgan fingerprint density at radius 3 is 3.00 bits per heavy atom. The Morgan fingerprint density at radius 1 is 1.47 bits per heavy atom. The summed E-state index contributed by atoms with van der Waals surface area (Å²) in [6.07, 6.45) is 0.975. The summed E-state index contributed by atoms with van der Waals surface area (Å²) in [7, 11) is 0. The van der Waals surface area contributed by atoms with Crippen molar-refractivity contribution in [1.82, 2.24) is 15.5 Å². The molecule has 15 heavy (non-hydrogen) atoms. The van der Waals surface area contributed by atoms with Crippen LogP contribution in [-0.2, 0) is 4.79 Å². The van der Waals surface area contributed by atoms with Crippen LogP contribution in [0.25, 0.3) is 0 Å². The summed E-state index contributed by atoms with van der Waals surface area (Å²) >= 11 is 0. The van der Waals surface area contributed by atoms with Crippen molar-refractivity contribution in [2.24, 2.45) is 5.92 Å². The van der Waals surface area contributed by atoms with Crippen molar-refractivity contribution in [1.29, 1.82) is 0 Å². The van der Waals surface area contributed by atoms with Crippen molar-refractivity contribution in [3.63, 3.8) is 0 Å². The highest BCUT2D eigenvalue weighted by Gasteiger charge is 2.37. The summed E-state index contributed by atoms with van der Waals surface area (Å²) in [4.78, 5) is 14.2. The first-order valence-corrected chi connectivity index (χ1v) is 5.92. The topological polar surface area (TPSA) is 44.4 Å². The zero-order chi connectivity index (χ0) is 10.8. The molecule has 0 aromatic rings. The second kappa shape index (κ2) is 4.49. The minimum atomic E-state index is 0.103. The van der Waals surface area contributed by atoms with Crippen LogP contribution in [0, 0.1) is 5.92 Å². The number of carbonyl (C=O) groups is 1. The Balaban J connectivity index is 2.05. The predicted molar refractivity (Wildman–Crippen MR) is 59.6 cm³/mol. The van der Waals surface area contributed by atoms with Gasteiger partial charge in [0.25, 0.3) is 0 Å². The van der Waals surface area contributed by atoms with Crippen LogP contribution in [0.2, 0.25) is 0 Å². The Labute approximate surface area is 91.4 Å². The lowest BCUT2D eigenvalue weighted by Crippen LogP contribution is -2.66. The van der Waals surface area contributed by atoms with Gasteiger partial charge in [-0.05, 0) is 12.3 Å². The van der Waals surface area contributed by atoms with Crippen molar-refractivity contribution in [3.8, 4) is 0 Å². The molecule has 4 nitrogen and oxygen atoms in total. The average Bonchev–Trinajstić information content (AvgIpc) is 2.22. The minimum absolute atomic E-state index is 0.103. The molecule has 2 unspecified atom stereocenters. The highest BCUT2D eigenvalue weighted by molar-refractivity contribution is 5.82. The molecule has 86 valence electrons. The van der Waals surface area contributed by atoms with Gasteiger partial charge in [-0.15, -0.1) is 0 Å². The predicted octanol–water partition coefficient (Wildman–Crippen LogP) is -0.195. The highest BCUT2D eigenvalue weighted by atomic mass is 16.2. The lowest BCUT2D eigenvalue weighted by atomic mass is 9.96. The fraction of sp³-hybridized carbons (Fsp3) is 0.909. The van der Waals surface area contributed by atoms with E-state index in [0.717, 1.165) is 32.6 Å². The van der Waals surface area contributed by atoms with Crippen molar-refractivity contribution in [3.05, 3.63) is 0 Å². The van der Waals surface area contributed by atoms with E-state index in [2.05, 4.69) is 29.4 Å². The molecule has 0 bridgehead atoms. The molecule has 2 aliphatic heterocycles. The summed E-state index contributed by atoms with van der Waals surface area (Å²) in [5.41, 5.74) is 0. The Kier molecular flexibility index (Phi) is 3.26. The van der Waals surface area contributed by atoms with Gasteiger partial charge in [0.2, 0.25) is 5.91 Å². The quantitative estimate of drug-likeness (QED) is 0.665. The molecule has 1 amide bonds. The number of hydrogen-bond donors (Lipinski definition) is 2. The molecule has 4 heteroatoms. The van der Waals surface area contributed by atoms with Crippen LogP contribution in [-0.4, -0.2) is 49.1 Å². The van der Waals surface area contributed by atoms with Crippen LogP contribution in [0.5, 0.6) is 0 Å². The van der Waals surface area contributed by atoms with Crippen LogP contribution in [0.15, 0.2) is 0 Å². The first-order chi connectivity index (χ1) is 7.18. The van der Waals surface area contributed by atoms with Gasteiger partial charge in [0.15, 0.2) is 0 Å². The smallest absolute Gasteiger partial charge is 0.237 e.